The number of hydrogen-bond donors (Lipinski definition) is 1. The fourth-order valence-electron chi connectivity index (χ4n) is 5.70. The lowest BCUT2D eigenvalue weighted by Gasteiger charge is -2.34. The number of hydrogen-bond acceptors (Lipinski definition) is 3. The van der Waals surface area contributed by atoms with Crippen molar-refractivity contribution in [1.29, 1.82) is 0 Å². The largest absolute Gasteiger partial charge is 0.508 e. The van der Waals surface area contributed by atoms with Crippen LogP contribution in [0.25, 0.3) is 11.1 Å². The summed E-state index contributed by atoms with van der Waals surface area (Å²) in [5, 5.41) is 10.1. The zero-order valence-electron chi connectivity index (χ0n) is 25.6. The molecule has 3 nitrogen and oxygen atoms in total. The third kappa shape index (κ3) is 5.81. The second-order valence-electron chi connectivity index (χ2n) is 12.2. The Labute approximate surface area is 246 Å². The number of rotatable bonds is 7. The molecule has 0 radical (unpaired) electrons. The van der Waals surface area contributed by atoms with Crippen LogP contribution in [-0.4, -0.2) is 11.1 Å². The predicted molar refractivity (Wildman–Crippen MR) is 170 cm³/mol. The number of esters is 1. The summed E-state index contributed by atoms with van der Waals surface area (Å²) < 4.78 is 5.90. The molecule has 1 aliphatic rings. The van der Waals surface area contributed by atoms with E-state index in [1.165, 1.54) is 28.7 Å². The first-order chi connectivity index (χ1) is 19.6. The van der Waals surface area contributed by atoms with Crippen LogP contribution in [0.15, 0.2) is 91.0 Å². The third-order valence-electron chi connectivity index (χ3n) is 8.31. The number of ether oxygens (including phenoxy) is 1. The van der Waals surface area contributed by atoms with Gasteiger partial charge in [-0.05, 0) is 90.3 Å². The highest BCUT2D eigenvalue weighted by Gasteiger charge is 2.46. The molecule has 1 N–H and O–H groups in total. The molecule has 3 heteroatoms. The fraction of sp³-hybridized carbons (Fsp3) is 0.342. The van der Waals surface area contributed by atoms with Crippen molar-refractivity contribution in [1.82, 2.24) is 0 Å². The van der Waals surface area contributed by atoms with Gasteiger partial charge in [-0.25, -0.2) is 0 Å². The van der Waals surface area contributed by atoms with Gasteiger partial charge in [0, 0.05) is 0 Å². The second-order valence-corrected chi connectivity index (χ2v) is 12.2. The van der Waals surface area contributed by atoms with Crippen molar-refractivity contribution in [2.75, 3.05) is 0 Å². The molecule has 0 saturated carbocycles. The number of phenolic OH excluding ortho intramolecular Hbond substituents is 1. The quantitative estimate of drug-likeness (QED) is 0.163. The van der Waals surface area contributed by atoms with Gasteiger partial charge in [0.2, 0.25) is 0 Å². The van der Waals surface area contributed by atoms with Gasteiger partial charge in [-0.15, -0.1) is 0 Å². The minimum absolute atomic E-state index is 0.204. The zero-order valence-corrected chi connectivity index (χ0v) is 25.6. The third-order valence-corrected chi connectivity index (χ3v) is 8.31. The molecule has 0 amide bonds. The van der Waals surface area contributed by atoms with Crippen molar-refractivity contribution in [2.45, 2.75) is 73.1 Å². The summed E-state index contributed by atoms with van der Waals surface area (Å²) in [5.74, 6) is 1.51. The van der Waals surface area contributed by atoms with Crippen LogP contribution in [0.1, 0.15) is 88.6 Å². The van der Waals surface area contributed by atoms with Crippen LogP contribution < -0.4 is 4.74 Å². The Morgan fingerprint density at radius 3 is 1.83 bits per heavy atom. The molecule has 4 aromatic carbocycles. The average Bonchev–Trinajstić information content (AvgIpc) is 3.26. The molecule has 0 bridgehead atoms. The Morgan fingerprint density at radius 1 is 0.829 bits per heavy atom. The number of fused-ring (bicyclic) bond motifs is 3. The first-order valence-corrected chi connectivity index (χ1v) is 14.9. The van der Waals surface area contributed by atoms with E-state index in [0.29, 0.717) is 5.75 Å². The minimum Gasteiger partial charge on any atom is -0.508 e. The van der Waals surface area contributed by atoms with Gasteiger partial charge in [-0.1, -0.05) is 113 Å². The fourth-order valence-corrected chi connectivity index (χ4v) is 5.70. The Kier molecular flexibility index (Phi) is 9.07. The van der Waals surface area contributed by atoms with Gasteiger partial charge in [0.1, 0.15) is 11.5 Å². The molecule has 214 valence electrons. The van der Waals surface area contributed by atoms with E-state index in [9.17, 15) is 9.90 Å². The van der Waals surface area contributed by atoms with E-state index in [2.05, 4.69) is 88.4 Å². The van der Waals surface area contributed by atoms with Crippen LogP contribution in [0.4, 0.5) is 0 Å². The van der Waals surface area contributed by atoms with Gasteiger partial charge in [0.15, 0.2) is 0 Å². The molecule has 0 atom stereocenters. The molecule has 1 aliphatic carbocycles. The van der Waals surface area contributed by atoms with Crippen LogP contribution in [0.2, 0.25) is 0 Å². The van der Waals surface area contributed by atoms with Gasteiger partial charge >= 0.3 is 5.97 Å². The molecule has 4 aromatic rings. The SMILES string of the molecule is CCC(C)C.CCCC(C)(C)C(=O)Oc1ccc(C2(c3ccc(O)cc3)c3ccccc3-c3ccccc32)cc1C. The molecular weight excluding hydrogens is 504 g/mol. The van der Waals surface area contributed by atoms with Crippen molar-refractivity contribution >= 4 is 5.97 Å². The number of carbonyl (C=O) groups excluding carboxylic acids is 1. The topological polar surface area (TPSA) is 46.5 Å². The standard InChI is InChI=1S/C33H32O3.C5H12/c1-5-20-32(3,4)31(35)36-30-19-16-24(21-22(30)2)33(23-14-17-25(34)18-15-23)28-12-8-6-10-26(28)27-11-7-9-13-29(27)33;1-4-5(2)3/h6-19,21,34H,5,20H2,1-4H3;5H,4H2,1-3H3. The maximum atomic E-state index is 12.9. The molecule has 5 rings (SSSR count). The van der Waals surface area contributed by atoms with Crippen molar-refractivity contribution in [3.8, 4) is 22.6 Å². The van der Waals surface area contributed by atoms with Gasteiger partial charge in [-0.3, -0.25) is 4.79 Å². The summed E-state index contributed by atoms with van der Waals surface area (Å²) in [7, 11) is 0. The number of aromatic hydroxyl groups is 1. The summed E-state index contributed by atoms with van der Waals surface area (Å²) in [4.78, 5) is 12.9. The first kappa shape index (κ1) is 30.1. The highest BCUT2D eigenvalue weighted by molar-refractivity contribution is 5.86. The monoisotopic (exact) mass is 548 g/mol. The van der Waals surface area contributed by atoms with Crippen molar-refractivity contribution in [3.63, 3.8) is 0 Å². The van der Waals surface area contributed by atoms with E-state index in [0.717, 1.165) is 35.4 Å². The summed E-state index contributed by atoms with van der Waals surface area (Å²) >= 11 is 0. The smallest absolute Gasteiger partial charge is 0.316 e. The van der Waals surface area contributed by atoms with E-state index in [-0.39, 0.29) is 11.7 Å². The van der Waals surface area contributed by atoms with Gasteiger partial charge < -0.3 is 9.84 Å². The predicted octanol–water partition coefficient (Wildman–Crippen LogP) is 9.85. The van der Waals surface area contributed by atoms with E-state index in [1.807, 2.05) is 39.0 Å². The molecular formula is C38H44O3. The van der Waals surface area contributed by atoms with Crippen LogP contribution >= 0.6 is 0 Å². The molecule has 0 saturated heterocycles. The van der Waals surface area contributed by atoms with E-state index in [1.54, 1.807) is 12.1 Å². The normalized spacial score (nSPS) is 13.2. The van der Waals surface area contributed by atoms with Gasteiger partial charge in [-0.2, -0.15) is 0 Å². The molecule has 0 unspecified atom stereocenters. The number of phenols is 1. The van der Waals surface area contributed by atoms with E-state index >= 15 is 0 Å². The minimum atomic E-state index is -0.560. The number of benzene rings is 4. The Bertz CT molecular complexity index is 1450. The number of aryl methyl sites for hydroxylation is 1. The molecule has 0 aromatic heterocycles. The molecule has 0 fully saturated rings. The van der Waals surface area contributed by atoms with Crippen molar-refractivity contribution in [2.24, 2.45) is 11.3 Å². The van der Waals surface area contributed by atoms with Crippen molar-refractivity contribution < 1.29 is 14.6 Å². The summed E-state index contributed by atoms with van der Waals surface area (Å²) in [6.45, 7) is 14.6. The average molecular weight is 549 g/mol. The molecule has 0 heterocycles. The van der Waals surface area contributed by atoms with E-state index < -0.39 is 10.8 Å². The summed E-state index contributed by atoms with van der Waals surface area (Å²) in [6, 6.07) is 30.7. The van der Waals surface area contributed by atoms with Crippen LogP contribution in [0, 0.1) is 18.3 Å². The van der Waals surface area contributed by atoms with Crippen LogP contribution in [0.5, 0.6) is 11.5 Å². The molecule has 0 aliphatic heterocycles. The first-order valence-electron chi connectivity index (χ1n) is 14.9. The highest BCUT2D eigenvalue weighted by atomic mass is 16.5. The lowest BCUT2D eigenvalue weighted by atomic mass is 9.67. The lowest BCUT2D eigenvalue weighted by molar-refractivity contribution is -0.144. The second kappa shape index (κ2) is 12.3. The van der Waals surface area contributed by atoms with Gasteiger partial charge in [0.25, 0.3) is 0 Å². The summed E-state index contributed by atoms with van der Waals surface area (Å²) in [6.07, 6.45) is 3.01. The van der Waals surface area contributed by atoms with E-state index in [4.69, 9.17) is 4.74 Å². The molecule has 0 spiro atoms. The zero-order chi connectivity index (χ0) is 29.8. The highest BCUT2D eigenvalue weighted by Crippen LogP contribution is 2.56. The van der Waals surface area contributed by atoms with Crippen molar-refractivity contribution in [3.05, 3.63) is 119 Å². The maximum Gasteiger partial charge on any atom is 0.316 e. The maximum absolute atomic E-state index is 12.9. The Morgan fingerprint density at radius 2 is 1.34 bits per heavy atom. The van der Waals surface area contributed by atoms with Crippen LogP contribution in [-0.2, 0) is 10.2 Å². The number of carbonyl (C=O) groups is 1. The lowest BCUT2D eigenvalue weighted by Crippen LogP contribution is -2.30. The Hall–Kier alpha value is -3.85. The van der Waals surface area contributed by atoms with Crippen LogP contribution in [0.3, 0.4) is 0 Å². The summed E-state index contributed by atoms with van der Waals surface area (Å²) in [5.41, 5.74) is 6.79. The molecule has 41 heavy (non-hydrogen) atoms. The Balaban J connectivity index is 0.000000714. The van der Waals surface area contributed by atoms with Gasteiger partial charge in [0.05, 0.1) is 10.8 Å².